The van der Waals surface area contributed by atoms with Crippen molar-refractivity contribution in [2.45, 2.75) is 87.9 Å². The number of nitrogens with zero attached hydrogens (tertiary/aromatic N) is 7. The maximum absolute atomic E-state index is 13.2. The molecule has 5 aliphatic rings. The van der Waals surface area contributed by atoms with Crippen LogP contribution in [0.3, 0.4) is 0 Å². The monoisotopic (exact) mass is 797 g/mol. The highest BCUT2D eigenvalue weighted by molar-refractivity contribution is 6.05. The highest BCUT2D eigenvalue weighted by atomic mass is 16.5. The fraction of sp³-hybridized carbons (Fsp3) is 0.409. The van der Waals surface area contributed by atoms with Crippen molar-refractivity contribution in [2.75, 3.05) is 31.9 Å². The number of imide groups is 1. The molecule has 3 saturated heterocycles. The van der Waals surface area contributed by atoms with Gasteiger partial charge >= 0.3 is 0 Å². The predicted molar refractivity (Wildman–Crippen MR) is 217 cm³/mol. The quantitative estimate of drug-likeness (QED) is 0.173. The van der Waals surface area contributed by atoms with E-state index in [9.17, 15) is 19.5 Å². The zero-order valence-electron chi connectivity index (χ0n) is 32.7. The first-order valence-electron chi connectivity index (χ1n) is 20.7. The molecule has 59 heavy (non-hydrogen) atoms. The number of aliphatic hydroxyl groups is 1. The number of fused-ring (bicyclic) bond motifs is 2. The van der Waals surface area contributed by atoms with E-state index in [0.29, 0.717) is 34.8 Å². The molecule has 3 amide bonds. The molecule has 1 aliphatic carbocycles. The Bertz CT molecular complexity index is 2390. The number of amides is 3. The van der Waals surface area contributed by atoms with Crippen molar-refractivity contribution in [2.24, 2.45) is 0 Å². The largest absolute Gasteiger partial charge is 0.488 e. The zero-order valence-corrected chi connectivity index (χ0v) is 32.7. The molecule has 4 aliphatic heterocycles. The number of ether oxygens (including phenoxy) is 2. The summed E-state index contributed by atoms with van der Waals surface area (Å²) in [7, 11) is 0. The number of para-hydroxylation sites is 1. The lowest BCUT2D eigenvalue weighted by Gasteiger charge is -2.48. The van der Waals surface area contributed by atoms with E-state index in [2.05, 4.69) is 24.8 Å². The molecule has 4 fully saturated rings. The van der Waals surface area contributed by atoms with Gasteiger partial charge in [-0.05, 0) is 106 Å². The van der Waals surface area contributed by atoms with E-state index in [-0.39, 0.29) is 30.9 Å². The van der Waals surface area contributed by atoms with Crippen LogP contribution in [0.2, 0.25) is 0 Å². The number of piperidine rings is 2. The van der Waals surface area contributed by atoms with Crippen LogP contribution in [0.4, 0.5) is 5.82 Å². The molecule has 304 valence electrons. The molecule has 0 spiro atoms. The van der Waals surface area contributed by atoms with Crippen LogP contribution < -0.4 is 20.5 Å². The van der Waals surface area contributed by atoms with E-state index in [1.54, 1.807) is 18.2 Å². The lowest BCUT2D eigenvalue weighted by atomic mass is 9.86. The normalized spacial score (nSPS) is 25.5. The summed E-state index contributed by atoms with van der Waals surface area (Å²) in [5, 5.41) is 19.3. The van der Waals surface area contributed by atoms with Crippen molar-refractivity contribution >= 4 is 34.6 Å². The van der Waals surface area contributed by atoms with E-state index < -0.39 is 24.1 Å². The van der Waals surface area contributed by atoms with Crippen molar-refractivity contribution in [1.82, 2.24) is 39.8 Å². The summed E-state index contributed by atoms with van der Waals surface area (Å²) in [5.74, 6) is 1.18. The van der Waals surface area contributed by atoms with Crippen LogP contribution in [-0.2, 0) is 9.59 Å². The van der Waals surface area contributed by atoms with Gasteiger partial charge in [0, 0.05) is 54.8 Å². The second kappa shape index (κ2) is 15.4. The smallest absolute Gasteiger partial charge is 0.257 e. The molecule has 6 heterocycles. The fourth-order valence-electron chi connectivity index (χ4n) is 9.78. The van der Waals surface area contributed by atoms with Gasteiger partial charge < -0.3 is 20.3 Å². The Kier molecular flexibility index (Phi) is 9.73. The third-order valence-corrected chi connectivity index (χ3v) is 12.9. The van der Waals surface area contributed by atoms with Crippen LogP contribution in [0.1, 0.15) is 79.6 Å². The van der Waals surface area contributed by atoms with Crippen molar-refractivity contribution in [3.8, 4) is 28.5 Å². The number of carbonyl (C=O) groups excluding carboxylic acids is 3. The molecular weight excluding hydrogens is 751 g/mol. The molecule has 15 nitrogen and oxygen atoms in total. The summed E-state index contributed by atoms with van der Waals surface area (Å²) in [6.07, 6.45) is 7.21. The first kappa shape index (κ1) is 37.4. The Labute approximate surface area is 341 Å². The number of rotatable bonds is 9. The van der Waals surface area contributed by atoms with Gasteiger partial charge in [-0.3, -0.25) is 34.4 Å². The van der Waals surface area contributed by atoms with Crippen LogP contribution in [0, 0.1) is 0 Å². The van der Waals surface area contributed by atoms with Crippen LogP contribution in [0.15, 0.2) is 79.1 Å². The molecule has 0 radical (unpaired) electrons. The lowest BCUT2D eigenvalue weighted by molar-refractivity contribution is -0.139. The average molecular weight is 798 g/mol. The van der Waals surface area contributed by atoms with E-state index in [1.165, 1.54) is 11.2 Å². The van der Waals surface area contributed by atoms with Crippen LogP contribution in [0.5, 0.6) is 17.2 Å². The topological polar surface area (TPSA) is 181 Å². The van der Waals surface area contributed by atoms with Crippen molar-refractivity contribution < 1.29 is 29.0 Å². The molecule has 3 atom stereocenters. The van der Waals surface area contributed by atoms with Crippen LogP contribution in [0.25, 0.3) is 22.3 Å². The number of nitrogens with one attached hydrogen (secondary N) is 1. The summed E-state index contributed by atoms with van der Waals surface area (Å²) in [4.78, 5) is 52.6. The molecule has 0 bridgehead atoms. The second-order valence-electron chi connectivity index (χ2n) is 16.4. The summed E-state index contributed by atoms with van der Waals surface area (Å²) in [5.41, 5.74) is 9.73. The molecule has 2 aromatic heterocycles. The van der Waals surface area contributed by atoms with E-state index in [4.69, 9.17) is 25.3 Å². The van der Waals surface area contributed by atoms with Crippen molar-refractivity contribution in [1.29, 1.82) is 0 Å². The second-order valence-corrected chi connectivity index (χ2v) is 16.4. The first-order chi connectivity index (χ1) is 28.8. The standard InChI is InChI=1S/C44H47N9O6/c45-40-38-39(26-8-14-31(15-9-26)58-30-6-2-1-3-7-30)49-53(41(38)47-25-46-40)29-5-4-20-50(22-29)27-10-12-28(13-11-27)51-23-33(24-51)59-32-16-17-34-35(21-32)44(57)52(43(34)56)36-18-19-37(54)48-42(36)55/h1-3,6-9,14-17,21,25,27-29,33,36,44,57H,4-5,10-13,18-20,22-24H2,(H2,45,46,47)(H,48,54,55)/t27?,28?,29-,36?,44?/m1/s1. The van der Waals surface area contributed by atoms with E-state index >= 15 is 0 Å². The molecule has 2 unspecified atom stereocenters. The van der Waals surface area contributed by atoms with Gasteiger partial charge in [0.05, 0.1) is 11.4 Å². The number of anilines is 1. The van der Waals surface area contributed by atoms with Crippen molar-refractivity contribution in [3.63, 3.8) is 0 Å². The number of hydrogen-bond acceptors (Lipinski definition) is 12. The SMILES string of the molecule is Nc1ncnc2c1c(-c1ccc(Oc3ccccc3)cc1)nn2[C@@H]1CCCN(C2CCC(N3CC(Oc4ccc5c(c4)C(O)N(C4CCC(=O)NC4=O)C5=O)C3)CC2)C1. The number of aliphatic hydroxyl groups excluding tert-OH is 1. The van der Waals surface area contributed by atoms with E-state index in [0.717, 1.165) is 98.5 Å². The van der Waals surface area contributed by atoms with Gasteiger partial charge in [0.15, 0.2) is 11.9 Å². The van der Waals surface area contributed by atoms with Gasteiger partial charge in [-0.25, -0.2) is 14.6 Å². The number of nitrogens with two attached hydrogens (primary N) is 1. The van der Waals surface area contributed by atoms with Gasteiger partial charge in [-0.1, -0.05) is 18.2 Å². The summed E-state index contributed by atoms with van der Waals surface area (Å²) in [6.45, 7) is 3.63. The van der Waals surface area contributed by atoms with Gasteiger partial charge in [0.1, 0.15) is 47.2 Å². The molecule has 3 aromatic carbocycles. The van der Waals surface area contributed by atoms with Crippen molar-refractivity contribution in [3.05, 3.63) is 90.3 Å². The molecule has 5 aromatic rings. The number of nitrogen functional groups attached to an aromatic ring is 1. The summed E-state index contributed by atoms with van der Waals surface area (Å²) in [6, 6.07) is 23.1. The Morgan fingerprint density at radius 1 is 0.780 bits per heavy atom. The Hall–Kier alpha value is -5.90. The molecule has 1 saturated carbocycles. The maximum atomic E-state index is 13.2. The number of carbonyl (C=O) groups is 3. The fourth-order valence-corrected chi connectivity index (χ4v) is 9.78. The third kappa shape index (κ3) is 7.06. The average Bonchev–Trinajstić information content (AvgIpc) is 3.75. The zero-order chi connectivity index (χ0) is 40.2. The number of likely N-dealkylation sites (tertiary alicyclic amines) is 2. The maximum Gasteiger partial charge on any atom is 0.257 e. The predicted octanol–water partition coefficient (Wildman–Crippen LogP) is 4.83. The molecular formula is C44H47N9O6. The molecule has 10 rings (SSSR count). The van der Waals surface area contributed by atoms with Gasteiger partial charge in [-0.15, -0.1) is 0 Å². The summed E-state index contributed by atoms with van der Waals surface area (Å²) >= 11 is 0. The highest BCUT2D eigenvalue weighted by Crippen LogP contribution is 2.40. The van der Waals surface area contributed by atoms with Gasteiger partial charge in [0.2, 0.25) is 11.8 Å². The number of aromatic nitrogens is 4. The third-order valence-electron chi connectivity index (χ3n) is 12.9. The van der Waals surface area contributed by atoms with Crippen LogP contribution >= 0.6 is 0 Å². The lowest BCUT2D eigenvalue weighted by Crippen LogP contribution is -2.59. The minimum absolute atomic E-state index is 0.0151. The number of benzene rings is 3. The minimum Gasteiger partial charge on any atom is -0.488 e. The Morgan fingerprint density at radius 2 is 1.51 bits per heavy atom. The minimum atomic E-state index is -1.28. The van der Waals surface area contributed by atoms with Crippen LogP contribution in [-0.4, -0.2) is 108 Å². The first-order valence-corrected chi connectivity index (χ1v) is 20.7. The van der Waals surface area contributed by atoms with E-state index in [1.807, 2.05) is 54.6 Å². The Balaban J connectivity index is 0.740. The summed E-state index contributed by atoms with van der Waals surface area (Å²) < 4.78 is 14.4. The number of hydrogen-bond donors (Lipinski definition) is 3. The highest BCUT2D eigenvalue weighted by Gasteiger charge is 2.45. The van der Waals surface area contributed by atoms with Gasteiger partial charge in [0.25, 0.3) is 5.91 Å². The molecule has 15 heteroatoms. The Morgan fingerprint density at radius 3 is 2.27 bits per heavy atom. The van der Waals surface area contributed by atoms with Gasteiger partial charge in [-0.2, -0.15) is 5.10 Å². The molecule has 4 N–H and O–H groups in total.